The van der Waals surface area contributed by atoms with E-state index in [-0.39, 0.29) is 5.91 Å². The number of nitrogens with one attached hydrogen (secondary N) is 1. The number of nitrogens with two attached hydrogens (primary N) is 1. The number of carbonyl (C=O) groups excluding carboxylic acids is 1. The number of carbonyl (C=O) groups is 1. The van der Waals surface area contributed by atoms with Crippen LogP contribution in [0.5, 0.6) is 0 Å². The summed E-state index contributed by atoms with van der Waals surface area (Å²) in [4.78, 5) is 19.9. The molecular weight excluding hydrogens is 380 g/mol. The van der Waals surface area contributed by atoms with Crippen LogP contribution in [-0.4, -0.2) is 16.7 Å². The number of amidine groups is 1. The fourth-order valence-electron chi connectivity index (χ4n) is 2.83. The van der Waals surface area contributed by atoms with Crippen molar-refractivity contribution >= 4 is 44.0 Å². The Bertz CT molecular complexity index is 1070. The number of fused-ring (bicyclic) bond motifs is 1. The number of aromatic nitrogens is 1. The van der Waals surface area contributed by atoms with Gasteiger partial charge in [0.15, 0.2) is 5.13 Å². The van der Waals surface area contributed by atoms with Crippen LogP contribution in [0.15, 0.2) is 72.4 Å². The van der Waals surface area contributed by atoms with Crippen molar-refractivity contribution in [2.75, 3.05) is 5.32 Å². The smallest absolute Gasteiger partial charge is 0.223 e. The van der Waals surface area contributed by atoms with Crippen LogP contribution in [0.4, 0.5) is 5.13 Å². The van der Waals surface area contributed by atoms with Gasteiger partial charge >= 0.3 is 0 Å². The first-order valence-corrected chi connectivity index (χ1v) is 10.2. The van der Waals surface area contributed by atoms with E-state index in [0.717, 1.165) is 40.6 Å². The molecule has 0 aliphatic heterocycles. The first-order valence-electron chi connectivity index (χ1n) is 9.41. The molecule has 0 saturated carbocycles. The van der Waals surface area contributed by atoms with Gasteiger partial charge in [-0.1, -0.05) is 54.3 Å². The number of aryl methyl sites for hydroxylation is 1. The lowest BCUT2D eigenvalue weighted by Crippen LogP contribution is -2.10. The average Bonchev–Trinajstić information content (AvgIpc) is 3.09. The molecule has 1 aromatic heterocycles. The molecule has 0 unspecified atom stereocenters. The van der Waals surface area contributed by atoms with Crippen LogP contribution in [0.2, 0.25) is 0 Å². The Morgan fingerprint density at radius 3 is 2.83 bits per heavy atom. The van der Waals surface area contributed by atoms with E-state index >= 15 is 0 Å². The van der Waals surface area contributed by atoms with Crippen molar-refractivity contribution in [1.82, 2.24) is 4.98 Å². The van der Waals surface area contributed by atoms with Gasteiger partial charge in [-0.3, -0.25) is 4.79 Å². The molecule has 0 spiro atoms. The lowest BCUT2D eigenvalue weighted by atomic mass is 10.1. The van der Waals surface area contributed by atoms with Crippen molar-refractivity contribution < 1.29 is 4.79 Å². The first-order chi connectivity index (χ1) is 14.0. The molecule has 3 aromatic rings. The van der Waals surface area contributed by atoms with Crippen molar-refractivity contribution in [3.63, 3.8) is 0 Å². The lowest BCUT2D eigenvalue weighted by molar-refractivity contribution is -0.114. The third-order valence-corrected chi connectivity index (χ3v) is 5.23. The molecular formula is C23H24N4OS. The number of rotatable bonds is 8. The standard InChI is InChI=1S/C23H24N4OS/c1-16(13-14-25-22(24)10-6-9-18-7-4-3-5-8-18)19-11-12-20-21(15-19)29-23(27-20)26-17(2)28/h3-5,7-8,11-15H,1,6,9-10H2,2H3,(H2,24,25)(H,26,27,28)/b14-13-. The number of amides is 1. The van der Waals surface area contributed by atoms with Crippen molar-refractivity contribution in [3.8, 4) is 0 Å². The number of thiazole rings is 1. The molecule has 0 radical (unpaired) electrons. The maximum atomic E-state index is 11.2. The summed E-state index contributed by atoms with van der Waals surface area (Å²) >= 11 is 1.44. The number of nitrogens with zero attached hydrogens (tertiary/aromatic N) is 2. The molecule has 0 saturated heterocycles. The molecule has 29 heavy (non-hydrogen) atoms. The maximum Gasteiger partial charge on any atom is 0.223 e. The monoisotopic (exact) mass is 404 g/mol. The minimum absolute atomic E-state index is 0.129. The Labute approximate surface area is 174 Å². The van der Waals surface area contributed by atoms with E-state index in [1.165, 1.54) is 23.8 Å². The molecule has 0 aliphatic rings. The van der Waals surface area contributed by atoms with Crippen LogP contribution in [0, 0.1) is 0 Å². The van der Waals surface area contributed by atoms with E-state index in [0.29, 0.717) is 11.0 Å². The van der Waals surface area contributed by atoms with Gasteiger partial charge in [0.1, 0.15) is 0 Å². The number of hydrogen-bond acceptors (Lipinski definition) is 4. The van der Waals surface area contributed by atoms with Crippen LogP contribution in [0.1, 0.15) is 30.9 Å². The Hall–Kier alpha value is -3.25. The first kappa shape index (κ1) is 20.5. The fourth-order valence-corrected chi connectivity index (χ4v) is 3.78. The van der Waals surface area contributed by atoms with E-state index in [2.05, 4.69) is 34.0 Å². The van der Waals surface area contributed by atoms with E-state index in [1.807, 2.05) is 42.5 Å². The summed E-state index contributed by atoms with van der Waals surface area (Å²) < 4.78 is 0.990. The van der Waals surface area contributed by atoms with Crippen LogP contribution in [0.25, 0.3) is 15.8 Å². The van der Waals surface area contributed by atoms with Crippen LogP contribution < -0.4 is 11.1 Å². The molecule has 0 atom stereocenters. The normalized spacial score (nSPS) is 11.8. The highest BCUT2D eigenvalue weighted by Gasteiger charge is 2.06. The summed E-state index contributed by atoms with van der Waals surface area (Å²) in [6, 6.07) is 16.2. The second-order valence-corrected chi connectivity index (χ2v) is 7.71. The number of hydrogen-bond donors (Lipinski definition) is 2. The van der Waals surface area contributed by atoms with Gasteiger partial charge < -0.3 is 11.1 Å². The Balaban J connectivity index is 1.56. The Morgan fingerprint density at radius 2 is 2.07 bits per heavy atom. The summed E-state index contributed by atoms with van der Waals surface area (Å²) in [5.41, 5.74) is 9.98. The van der Waals surface area contributed by atoms with Crippen LogP contribution >= 0.6 is 11.3 Å². The Morgan fingerprint density at radius 1 is 1.28 bits per heavy atom. The van der Waals surface area contributed by atoms with Gasteiger partial charge in [-0.25, -0.2) is 9.98 Å². The van der Waals surface area contributed by atoms with Gasteiger partial charge in [0.25, 0.3) is 0 Å². The molecule has 3 N–H and O–H groups in total. The van der Waals surface area contributed by atoms with Gasteiger partial charge in [-0.15, -0.1) is 0 Å². The number of allylic oxidation sites excluding steroid dienone is 2. The van der Waals surface area contributed by atoms with Crippen LogP contribution in [-0.2, 0) is 11.2 Å². The Kier molecular flexibility index (Phi) is 6.92. The van der Waals surface area contributed by atoms with Crippen molar-refractivity contribution in [3.05, 3.63) is 78.5 Å². The topological polar surface area (TPSA) is 80.4 Å². The SMILES string of the molecule is C=C(/C=C\N=C(N)CCCc1ccccc1)c1ccc2nc(NC(C)=O)sc2c1. The number of benzene rings is 2. The van der Waals surface area contributed by atoms with E-state index in [1.54, 1.807) is 6.20 Å². The third-order valence-electron chi connectivity index (χ3n) is 4.30. The van der Waals surface area contributed by atoms with E-state index in [9.17, 15) is 4.79 Å². The lowest BCUT2D eigenvalue weighted by Gasteiger charge is -2.01. The quantitative estimate of drug-likeness (QED) is 0.309. The molecule has 0 fully saturated rings. The molecule has 1 amide bonds. The minimum Gasteiger partial charge on any atom is -0.387 e. The zero-order valence-corrected chi connectivity index (χ0v) is 17.2. The molecule has 5 nitrogen and oxygen atoms in total. The molecule has 6 heteroatoms. The highest BCUT2D eigenvalue weighted by atomic mass is 32.1. The highest BCUT2D eigenvalue weighted by Crippen LogP contribution is 2.28. The number of aliphatic imine (C=N–C) groups is 1. The zero-order valence-electron chi connectivity index (χ0n) is 16.4. The van der Waals surface area contributed by atoms with Gasteiger partial charge in [0, 0.05) is 19.5 Å². The van der Waals surface area contributed by atoms with E-state index < -0.39 is 0 Å². The zero-order chi connectivity index (χ0) is 20.6. The van der Waals surface area contributed by atoms with Crippen molar-refractivity contribution in [2.24, 2.45) is 10.7 Å². The van der Waals surface area contributed by atoms with Crippen LogP contribution in [0.3, 0.4) is 0 Å². The second kappa shape index (κ2) is 9.80. The predicted octanol–water partition coefficient (Wildman–Crippen LogP) is 5.16. The van der Waals surface area contributed by atoms with Crippen molar-refractivity contribution in [1.29, 1.82) is 0 Å². The largest absolute Gasteiger partial charge is 0.387 e. The van der Waals surface area contributed by atoms with Gasteiger partial charge in [0.2, 0.25) is 5.91 Å². The summed E-state index contributed by atoms with van der Waals surface area (Å²) in [6.07, 6.45) is 6.25. The van der Waals surface area contributed by atoms with Gasteiger partial charge in [-0.05, 0) is 47.8 Å². The fraction of sp³-hybridized carbons (Fsp3) is 0.174. The van der Waals surface area contributed by atoms with Crippen molar-refractivity contribution in [2.45, 2.75) is 26.2 Å². The summed E-state index contributed by atoms with van der Waals surface area (Å²) in [7, 11) is 0. The molecule has 0 bridgehead atoms. The van der Waals surface area contributed by atoms with Gasteiger partial charge in [0.05, 0.1) is 16.1 Å². The summed E-state index contributed by atoms with van der Waals surface area (Å²) in [5, 5.41) is 3.31. The molecule has 1 heterocycles. The second-order valence-electron chi connectivity index (χ2n) is 6.68. The maximum absolute atomic E-state index is 11.2. The molecule has 2 aromatic carbocycles. The molecule has 148 valence electrons. The predicted molar refractivity (Wildman–Crippen MR) is 123 cm³/mol. The van der Waals surface area contributed by atoms with E-state index in [4.69, 9.17) is 5.73 Å². The van der Waals surface area contributed by atoms with Gasteiger partial charge in [-0.2, -0.15) is 0 Å². The average molecular weight is 405 g/mol. The molecule has 3 rings (SSSR count). The third kappa shape index (κ3) is 6.12. The summed E-state index contributed by atoms with van der Waals surface area (Å²) in [6.45, 7) is 5.57. The molecule has 0 aliphatic carbocycles. The highest BCUT2D eigenvalue weighted by molar-refractivity contribution is 7.22. The minimum atomic E-state index is -0.129. The summed E-state index contributed by atoms with van der Waals surface area (Å²) in [5.74, 6) is 0.485. The number of anilines is 1.